The van der Waals surface area contributed by atoms with E-state index in [1.165, 1.54) is 0 Å². The smallest absolute Gasteiger partial charge is 0.333 e. The molecule has 0 bridgehead atoms. The Bertz CT molecular complexity index is 1290. The molecule has 0 radical (unpaired) electrons. The molecule has 0 aromatic heterocycles. The number of rotatable bonds is 7. The Morgan fingerprint density at radius 3 is 1.86 bits per heavy atom. The minimum atomic E-state index is -1.26. The summed E-state index contributed by atoms with van der Waals surface area (Å²) in [4.78, 5) is 24.2. The largest absolute Gasteiger partial charge is 0.451 e. The van der Waals surface area contributed by atoms with Crippen LogP contribution in [-0.4, -0.2) is 22.6 Å². The van der Waals surface area contributed by atoms with Gasteiger partial charge in [0.05, 0.1) is 5.41 Å². The molecule has 0 heterocycles. The van der Waals surface area contributed by atoms with E-state index in [-0.39, 0.29) is 11.5 Å². The predicted octanol–water partition coefficient (Wildman–Crippen LogP) is 7.21. The molecule has 0 aliphatic carbocycles. The maximum atomic E-state index is 12.1. The Morgan fingerprint density at radius 1 is 0.838 bits per heavy atom. The van der Waals surface area contributed by atoms with Crippen molar-refractivity contribution in [2.24, 2.45) is 5.41 Å². The van der Waals surface area contributed by atoms with Gasteiger partial charge in [-0.15, -0.1) is 0 Å². The molecule has 5 heteroatoms. The maximum Gasteiger partial charge on any atom is 0.333 e. The predicted molar refractivity (Wildman–Crippen MR) is 147 cm³/mol. The molecule has 1 N–H and O–H groups in total. The zero-order valence-corrected chi connectivity index (χ0v) is 22.7. The molecule has 0 amide bonds. The van der Waals surface area contributed by atoms with E-state index in [2.05, 4.69) is 31.7 Å². The Labute approximate surface area is 219 Å². The van der Waals surface area contributed by atoms with E-state index in [4.69, 9.17) is 9.47 Å². The number of esters is 2. The number of carbonyl (C=O) groups is 2. The lowest BCUT2D eigenvalue weighted by Crippen LogP contribution is -2.32. The number of benzene rings is 3. The summed E-state index contributed by atoms with van der Waals surface area (Å²) >= 11 is 0. The molecule has 1 unspecified atom stereocenters. The Morgan fingerprint density at radius 2 is 1.38 bits per heavy atom. The fourth-order valence-electron chi connectivity index (χ4n) is 3.81. The quantitative estimate of drug-likeness (QED) is 0.211. The van der Waals surface area contributed by atoms with Crippen molar-refractivity contribution in [3.05, 3.63) is 90.0 Å². The van der Waals surface area contributed by atoms with Crippen molar-refractivity contribution in [1.82, 2.24) is 0 Å². The number of hydrogen-bond acceptors (Lipinski definition) is 5. The monoisotopic (exact) mass is 500 g/mol. The number of carbonyl (C=O) groups excluding carboxylic acids is 2. The zero-order valence-electron chi connectivity index (χ0n) is 22.7. The molecule has 3 aromatic carbocycles. The summed E-state index contributed by atoms with van der Waals surface area (Å²) in [5.74, 6) is -0.284. The van der Waals surface area contributed by atoms with Crippen LogP contribution in [0.15, 0.2) is 78.9 Å². The van der Waals surface area contributed by atoms with Crippen LogP contribution in [0.25, 0.3) is 22.3 Å². The van der Waals surface area contributed by atoms with Gasteiger partial charge < -0.3 is 14.6 Å². The van der Waals surface area contributed by atoms with Gasteiger partial charge in [0.1, 0.15) is 11.4 Å². The lowest BCUT2D eigenvalue weighted by Gasteiger charge is -2.29. The summed E-state index contributed by atoms with van der Waals surface area (Å²) in [5, 5.41) is 10.6. The number of ether oxygens (including phenoxy) is 2. The highest BCUT2D eigenvalue weighted by Gasteiger charge is 2.32. The molecule has 194 valence electrons. The van der Waals surface area contributed by atoms with Crippen LogP contribution in [-0.2, 0) is 14.3 Å². The average Bonchev–Trinajstić information content (AvgIpc) is 2.81. The second kappa shape index (κ2) is 10.7. The SMILES string of the molecule is C=C(C)C(=O)OC(c1ccc(-c2ccc(-c3ccc(OC(=O)C(C)(C)C)cc3)c(C)c2)cc1)C(C)(C)O. The Hall–Kier alpha value is -3.70. The molecular formula is C32H36O5. The minimum Gasteiger partial charge on any atom is -0.451 e. The van der Waals surface area contributed by atoms with Gasteiger partial charge in [-0.2, -0.15) is 0 Å². The summed E-state index contributed by atoms with van der Waals surface area (Å²) < 4.78 is 11.0. The van der Waals surface area contributed by atoms with Crippen LogP contribution in [0.2, 0.25) is 0 Å². The van der Waals surface area contributed by atoms with Crippen molar-refractivity contribution >= 4 is 11.9 Å². The highest BCUT2D eigenvalue weighted by Crippen LogP contribution is 2.34. The molecule has 0 saturated carbocycles. The summed E-state index contributed by atoms with van der Waals surface area (Å²) in [5.41, 5.74) is 4.43. The minimum absolute atomic E-state index is 0.269. The second-order valence-electron chi connectivity index (χ2n) is 11.0. The van der Waals surface area contributed by atoms with E-state index in [0.29, 0.717) is 11.3 Å². The van der Waals surface area contributed by atoms with Crippen molar-refractivity contribution in [2.75, 3.05) is 0 Å². The number of hydrogen-bond donors (Lipinski definition) is 1. The molecule has 5 nitrogen and oxygen atoms in total. The summed E-state index contributed by atoms with van der Waals surface area (Å²) in [7, 11) is 0. The third kappa shape index (κ3) is 6.95. The van der Waals surface area contributed by atoms with Crippen molar-refractivity contribution in [2.45, 2.75) is 60.2 Å². The second-order valence-corrected chi connectivity index (χ2v) is 11.0. The van der Waals surface area contributed by atoms with Gasteiger partial charge in [0.15, 0.2) is 6.10 Å². The van der Waals surface area contributed by atoms with Gasteiger partial charge in [-0.1, -0.05) is 61.2 Å². The molecule has 37 heavy (non-hydrogen) atoms. The molecule has 0 aliphatic heterocycles. The first kappa shape index (κ1) is 27.9. The average molecular weight is 501 g/mol. The first-order valence-corrected chi connectivity index (χ1v) is 12.3. The fourth-order valence-corrected chi connectivity index (χ4v) is 3.81. The molecule has 0 spiro atoms. The van der Waals surface area contributed by atoms with Crippen LogP contribution in [0.3, 0.4) is 0 Å². The van der Waals surface area contributed by atoms with Gasteiger partial charge in [-0.25, -0.2) is 4.79 Å². The van der Waals surface area contributed by atoms with E-state index in [1.54, 1.807) is 20.8 Å². The van der Waals surface area contributed by atoms with Crippen LogP contribution in [0.5, 0.6) is 5.75 Å². The van der Waals surface area contributed by atoms with E-state index in [9.17, 15) is 14.7 Å². The Balaban J connectivity index is 1.81. The van der Waals surface area contributed by atoms with Crippen LogP contribution in [0.1, 0.15) is 58.8 Å². The van der Waals surface area contributed by atoms with Crippen LogP contribution >= 0.6 is 0 Å². The van der Waals surface area contributed by atoms with Gasteiger partial charge in [0, 0.05) is 5.57 Å². The van der Waals surface area contributed by atoms with Gasteiger partial charge in [0.25, 0.3) is 0 Å². The normalized spacial score (nSPS) is 12.5. The summed E-state index contributed by atoms with van der Waals surface area (Å²) in [6.07, 6.45) is -0.819. The third-order valence-corrected chi connectivity index (χ3v) is 5.98. The molecule has 1 atom stereocenters. The molecule has 3 rings (SSSR count). The summed E-state index contributed by atoms with van der Waals surface area (Å²) in [6, 6.07) is 21.4. The number of aliphatic hydroxyl groups is 1. The van der Waals surface area contributed by atoms with E-state index >= 15 is 0 Å². The van der Waals surface area contributed by atoms with E-state index < -0.39 is 23.1 Å². The van der Waals surface area contributed by atoms with Crippen LogP contribution < -0.4 is 4.74 Å². The van der Waals surface area contributed by atoms with Crippen molar-refractivity contribution in [3.8, 4) is 28.0 Å². The molecule has 0 fully saturated rings. The zero-order chi connectivity index (χ0) is 27.5. The topological polar surface area (TPSA) is 72.8 Å². The van der Waals surface area contributed by atoms with E-state index in [0.717, 1.165) is 27.8 Å². The maximum absolute atomic E-state index is 12.1. The van der Waals surface area contributed by atoms with Gasteiger partial charge >= 0.3 is 11.9 Å². The van der Waals surface area contributed by atoms with Gasteiger partial charge in [-0.3, -0.25) is 4.79 Å². The molecule has 3 aromatic rings. The number of aryl methyl sites for hydroxylation is 1. The lowest BCUT2D eigenvalue weighted by atomic mass is 9.92. The third-order valence-electron chi connectivity index (χ3n) is 5.98. The highest BCUT2D eigenvalue weighted by molar-refractivity contribution is 5.87. The van der Waals surface area contributed by atoms with Crippen LogP contribution in [0.4, 0.5) is 0 Å². The van der Waals surface area contributed by atoms with Crippen molar-refractivity contribution < 1.29 is 24.2 Å². The first-order chi connectivity index (χ1) is 17.2. The van der Waals surface area contributed by atoms with Crippen LogP contribution in [0, 0.1) is 12.3 Å². The first-order valence-electron chi connectivity index (χ1n) is 12.3. The fraction of sp³-hybridized carbons (Fsp3) is 0.312. The Kier molecular flexibility index (Phi) is 8.09. The lowest BCUT2D eigenvalue weighted by molar-refractivity contribution is -0.158. The summed E-state index contributed by atoms with van der Waals surface area (Å²) in [6.45, 7) is 16.0. The standard InChI is InChI=1S/C32H36O5/c1-20(2)29(33)37-28(32(7,8)35)24-11-9-22(10-12-24)25-15-18-27(21(3)19-25)23-13-16-26(17-14-23)36-30(34)31(4,5)6/h9-19,28,35H,1H2,2-8H3. The van der Waals surface area contributed by atoms with E-state index in [1.807, 2.05) is 69.3 Å². The highest BCUT2D eigenvalue weighted by atomic mass is 16.6. The molecular weight excluding hydrogens is 464 g/mol. The van der Waals surface area contributed by atoms with Gasteiger partial charge in [-0.05, 0) is 94.0 Å². The van der Waals surface area contributed by atoms with Gasteiger partial charge in [0.2, 0.25) is 0 Å². The molecule has 0 saturated heterocycles. The molecule has 0 aliphatic rings. The van der Waals surface area contributed by atoms with Crippen molar-refractivity contribution in [1.29, 1.82) is 0 Å². The van der Waals surface area contributed by atoms with Crippen molar-refractivity contribution in [3.63, 3.8) is 0 Å².